The summed E-state index contributed by atoms with van der Waals surface area (Å²) in [5.74, 6) is 0.164. The van der Waals surface area contributed by atoms with E-state index in [-0.39, 0.29) is 12.5 Å². The van der Waals surface area contributed by atoms with Crippen molar-refractivity contribution in [1.82, 2.24) is 0 Å². The van der Waals surface area contributed by atoms with E-state index >= 15 is 0 Å². The van der Waals surface area contributed by atoms with Gasteiger partial charge in [0.2, 0.25) is 0 Å². The van der Waals surface area contributed by atoms with Gasteiger partial charge in [-0.25, -0.2) is 0 Å². The van der Waals surface area contributed by atoms with Crippen molar-refractivity contribution in [3.8, 4) is 11.8 Å². The minimum Gasteiger partial charge on any atom is -0.482 e. The second-order valence-electron chi connectivity index (χ2n) is 4.71. The van der Waals surface area contributed by atoms with Crippen molar-refractivity contribution in [2.24, 2.45) is 0 Å². The summed E-state index contributed by atoms with van der Waals surface area (Å²) in [6.07, 6.45) is 0. The van der Waals surface area contributed by atoms with Crippen LogP contribution in [0.15, 0.2) is 42.5 Å². The lowest BCUT2D eigenvalue weighted by Gasteiger charge is -2.12. The number of hydrogen-bond acceptors (Lipinski definition) is 3. The summed E-state index contributed by atoms with van der Waals surface area (Å²) in [6, 6.07) is 14.7. The summed E-state index contributed by atoms with van der Waals surface area (Å²) in [5.41, 5.74) is 3.22. The van der Waals surface area contributed by atoms with Gasteiger partial charge < -0.3 is 10.1 Å². The highest BCUT2D eigenvalue weighted by Gasteiger charge is 2.09. The molecule has 4 nitrogen and oxygen atoms in total. The number of anilines is 1. The fourth-order valence-corrected chi connectivity index (χ4v) is 2.02. The Bertz CT molecular complexity index is 682. The topological polar surface area (TPSA) is 62.1 Å². The van der Waals surface area contributed by atoms with Crippen molar-refractivity contribution in [1.29, 1.82) is 5.26 Å². The Morgan fingerprint density at radius 3 is 2.48 bits per heavy atom. The Kier molecular flexibility index (Phi) is 4.57. The predicted octanol–water partition coefficient (Wildman–Crippen LogP) is 3.19. The number of nitrogens with zero attached hydrogens (tertiary/aromatic N) is 1. The van der Waals surface area contributed by atoms with Crippen molar-refractivity contribution in [2.45, 2.75) is 13.8 Å². The van der Waals surface area contributed by atoms with Crippen molar-refractivity contribution < 1.29 is 9.53 Å². The molecule has 2 aromatic rings. The Morgan fingerprint density at radius 2 is 1.81 bits per heavy atom. The van der Waals surface area contributed by atoms with Gasteiger partial charge in [-0.15, -0.1) is 0 Å². The van der Waals surface area contributed by atoms with Gasteiger partial charge in [0.1, 0.15) is 11.8 Å². The van der Waals surface area contributed by atoms with Crippen molar-refractivity contribution in [3.05, 3.63) is 59.2 Å². The molecule has 2 aromatic carbocycles. The van der Waals surface area contributed by atoms with Gasteiger partial charge >= 0.3 is 0 Å². The summed E-state index contributed by atoms with van der Waals surface area (Å²) >= 11 is 0. The van der Waals surface area contributed by atoms with Gasteiger partial charge in [-0.1, -0.05) is 30.3 Å². The van der Waals surface area contributed by atoms with E-state index in [9.17, 15) is 4.79 Å². The molecule has 106 valence electrons. The first-order valence-electron chi connectivity index (χ1n) is 6.60. The van der Waals surface area contributed by atoms with E-state index in [1.165, 1.54) is 0 Å². The highest BCUT2D eigenvalue weighted by Crippen LogP contribution is 2.20. The predicted molar refractivity (Wildman–Crippen MR) is 81.2 cm³/mol. The number of aryl methyl sites for hydroxylation is 2. The zero-order valence-electron chi connectivity index (χ0n) is 12.0. The van der Waals surface area contributed by atoms with Crippen LogP contribution in [0.1, 0.15) is 16.7 Å². The average molecular weight is 280 g/mol. The van der Waals surface area contributed by atoms with Gasteiger partial charge in [0.05, 0.1) is 5.56 Å². The summed E-state index contributed by atoms with van der Waals surface area (Å²) in [5, 5.41) is 11.8. The highest BCUT2D eigenvalue weighted by atomic mass is 16.5. The molecule has 21 heavy (non-hydrogen) atoms. The number of nitriles is 1. The number of carbonyl (C=O) groups excluding carboxylic acids is 1. The van der Waals surface area contributed by atoms with Crippen LogP contribution in [0.5, 0.6) is 5.75 Å². The second-order valence-corrected chi connectivity index (χ2v) is 4.71. The Labute approximate surface area is 124 Å². The minimum absolute atomic E-state index is 0.132. The maximum Gasteiger partial charge on any atom is 0.262 e. The van der Waals surface area contributed by atoms with Gasteiger partial charge in [0.25, 0.3) is 5.91 Å². The molecule has 1 amide bonds. The zero-order chi connectivity index (χ0) is 15.2. The zero-order valence-corrected chi connectivity index (χ0v) is 12.0. The molecular weight excluding hydrogens is 264 g/mol. The minimum atomic E-state index is -0.250. The molecule has 1 N–H and O–H groups in total. The maximum atomic E-state index is 12.0. The number of amides is 1. The fourth-order valence-electron chi connectivity index (χ4n) is 2.02. The Morgan fingerprint density at radius 1 is 1.14 bits per heavy atom. The van der Waals surface area contributed by atoms with Gasteiger partial charge in [0, 0.05) is 5.69 Å². The first kappa shape index (κ1) is 14.6. The van der Waals surface area contributed by atoms with E-state index in [1.54, 1.807) is 24.3 Å². The molecule has 2 rings (SSSR count). The second kappa shape index (κ2) is 6.58. The van der Waals surface area contributed by atoms with Crippen LogP contribution in [0.2, 0.25) is 0 Å². The maximum absolute atomic E-state index is 12.0. The van der Waals surface area contributed by atoms with E-state index in [2.05, 4.69) is 5.32 Å². The van der Waals surface area contributed by atoms with Crippen LogP contribution in [-0.4, -0.2) is 12.5 Å². The number of carbonyl (C=O) groups is 1. The molecule has 0 unspecified atom stereocenters. The van der Waals surface area contributed by atoms with Crippen LogP contribution >= 0.6 is 0 Å². The molecule has 0 saturated carbocycles. The van der Waals surface area contributed by atoms with E-state index < -0.39 is 0 Å². The number of ether oxygens (including phenoxy) is 1. The lowest BCUT2D eigenvalue weighted by molar-refractivity contribution is -0.118. The lowest BCUT2D eigenvalue weighted by Crippen LogP contribution is -2.21. The molecule has 0 fully saturated rings. The highest BCUT2D eigenvalue weighted by molar-refractivity contribution is 5.93. The quantitative estimate of drug-likeness (QED) is 0.935. The summed E-state index contributed by atoms with van der Waals surface area (Å²) in [7, 11) is 0. The molecule has 0 bridgehead atoms. The smallest absolute Gasteiger partial charge is 0.262 e. The van der Waals surface area contributed by atoms with Crippen LogP contribution in [0.4, 0.5) is 5.69 Å². The summed E-state index contributed by atoms with van der Waals surface area (Å²) in [6.45, 7) is 3.75. The average Bonchev–Trinajstić information content (AvgIpc) is 2.49. The third-order valence-corrected chi connectivity index (χ3v) is 3.11. The number of nitrogens with one attached hydrogen (secondary N) is 1. The monoisotopic (exact) mass is 280 g/mol. The van der Waals surface area contributed by atoms with Gasteiger partial charge in [0.15, 0.2) is 6.61 Å². The normalized spacial score (nSPS) is 9.76. The third kappa shape index (κ3) is 3.61. The Hall–Kier alpha value is -2.80. The molecule has 0 spiro atoms. The molecule has 0 aliphatic rings. The van der Waals surface area contributed by atoms with E-state index in [4.69, 9.17) is 10.00 Å². The largest absolute Gasteiger partial charge is 0.482 e. The number of benzene rings is 2. The Balaban J connectivity index is 2.02. The SMILES string of the molecule is Cc1cccc(C)c1NC(=O)COc1ccccc1C#N. The van der Waals surface area contributed by atoms with Crippen LogP contribution in [0, 0.1) is 25.2 Å². The molecule has 0 radical (unpaired) electrons. The van der Waals surface area contributed by atoms with Crippen molar-refractivity contribution >= 4 is 11.6 Å². The van der Waals surface area contributed by atoms with Gasteiger partial charge in [-0.05, 0) is 37.1 Å². The van der Waals surface area contributed by atoms with Crippen LogP contribution < -0.4 is 10.1 Å². The van der Waals surface area contributed by atoms with Crippen LogP contribution in [0.25, 0.3) is 0 Å². The first-order valence-corrected chi connectivity index (χ1v) is 6.60. The van der Waals surface area contributed by atoms with Crippen molar-refractivity contribution in [3.63, 3.8) is 0 Å². The molecule has 0 aliphatic heterocycles. The van der Waals surface area contributed by atoms with E-state index in [1.807, 2.05) is 38.1 Å². The number of rotatable bonds is 4. The van der Waals surface area contributed by atoms with E-state index in [0.717, 1.165) is 16.8 Å². The first-order chi connectivity index (χ1) is 10.1. The summed E-state index contributed by atoms with van der Waals surface area (Å²) in [4.78, 5) is 12.0. The lowest BCUT2D eigenvalue weighted by atomic mass is 10.1. The molecule has 0 heterocycles. The number of para-hydroxylation sites is 2. The molecule has 4 heteroatoms. The fraction of sp³-hybridized carbons (Fsp3) is 0.176. The standard InChI is InChI=1S/C17H16N2O2/c1-12-6-5-7-13(2)17(12)19-16(20)11-21-15-9-4-3-8-14(15)10-18/h3-9H,11H2,1-2H3,(H,19,20). The third-order valence-electron chi connectivity index (χ3n) is 3.11. The van der Waals surface area contributed by atoms with Crippen LogP contribution in [0.3, 0.4) is 0 Å². The van der Waals surface area contributed by atoms with Crippen LogP contribution in [-0.2, 0) is 4.79 Å². The van der Waals surface area contributed by atoms with Gasteiger partial charge in [-0.2, -0.15) is 5.26 Å². The molecule has 0 atom stereocenters. The molecule has 0 aliphatic carbocycles. The molecule has 0 saturated heterocycles. The summed E-state index contributed by atoms with van der Waals surface area (Å²) < 4.78 is 5.41. The van der Waals surface area contributed by atoms with E-state index in [0.29, 0.717) is 11.3 Å². The van der Waals surface area contributed by atoms with Crippen molar-refractivity contribution in [2.75, 3.05) is 11.9 Å². The molecular formula is C17H16N2O2. The molecule has 0 aromatic heterocycles. The number of hydrogen-bond donors (Lipinski definition) is 1. The van der Waals surface area contributed by atoms with Gasteiger partial charge in [-0.3, -0.25) is 4.79 Å².